The Labute approximate surface area is 76.6 Å². The van der Waals surface area contributed by atoms with Crippen LogP contribution in [0, 0.1) is 11.3 Å². The van der Waals surface area contributed by atoms with Gasteiger partial charge in [0.05, 0.1) is 0 Å². The number of rotatable bonds is 3. The average Bonchev–Trinajstić information content (AvgIpc) is 2.54. The maximum atomic E-state index is 11.5. The van der Waals surface area contributed by atoms with Gasteiger partial charge in [0.1, 0.15) is 6.07 Å². The molecule has 0 amide bonds. The summed E-state index contributed by atoms with van der Waals surface area (Å²) >= 11 is 0.917. The normalized spacial score (nSPS) is 10.9. The summed E-state index contributed by atoms with van der Waals surface area (Å²) in [6.45, 7) is -1.11. The highest BCUT2D eigenvalue weighted by molar-refractivity contribution is 7.09. The summed E-state index contributed by atoms with van der Waals surface area (Å²) in [5, 5.41) is 11.9. The van der Waals surface area contributed by atoms with Gasteiger partial charge in [-0.05, 0) is 0 Å². The predicted octanol–water partition coefficient (Wildman–Crippen LogP) is 0.292. The van der Waals surface area contributed by atoms with Crippen LogP contribution in [-0.2, 0) is 4.84 Å². The molecule has 1 aromatic rings. The number of nitrogens with two attached hydrogens (primary N) is 1. The van der Waals surface area contributed by atoms with E-state index >= 15 is 0 Å². The largest absolute Gasteiger partial charge is 0.374 e. The van der Waals surface area contributed by atoms with E-state index in [1.165, 1.54) is 0 Å². The Hall–Kier alpha value is -1.75. The summed E-state index contributed by atoms with van der Waals surface area (Å²) in [4.78, 5) is 7.70. The molecular weight excluding hydrogens is 197 g/mol. The zero-order valence-electron chi connectivity index (χ0n) is 6.27. The number of oxime groups is 1. The van der Waals surface area contributed by atoms with Crippen LogP contribution in [-0.4, -0.2) is 21.9 Å². The second-order valence-corrected chi connectivity index (χ2v) is 2.53. The Kier molecular flexibility index (Phi) is 3.10. The topological polar surface area (TPSA) is 97.2 Å². The zero-order chi connectivity index (χ0) is 9.68. The lowest BCUT2D eigenvalue weighted by atomic mass is 10.4. The number of nitriles is 1. The van der Waals surface area contributed by atoms with E-state index in [9.17, 15) is 4.39 Å². The molecule has 0 aliphatic heterocycles. The molecule has 0 aromatic carbocycles. The lowest BCUT2D eigenvalue weighted by Crippen LogP contribution is -2.01. The monoisotopic (exact) mass is 201 g/mol. The molecule has 0 aliphatic rings. The summed E-state index contributed by atoms with van der Waals surface area (Å²) in [5.74, 6) is 0.0402. The SMILES string of the molecule is N#C/C(=N\OCF)c1nsc(N)n1. The van der Waals surface area contributed by atoms with Crippen molar-refractivity contribution in [2.75, 3.05) is 12.6 Å². The third kappa shape index (κ3) is 2.34. The van der Waals surface area contributed by atoms with Crippen LogP contribution in [0.25, 0.3) is 0 Å². The molecule has 0 saturated heterocycles. The van der Waals surface area contributed by atoms with E-state index in [1.807, 2.05) is 0 Å². The smallest absolute Gasteiger partial charge is 0.255 e. The Bertz CT molecular complexity index is 356. The van der Waals surface area contributed by atoms with E-state index in [0.717, 1.165) is 11.5 Å². The number of halogens is 1. The van der Waals surface area contributed by atoms with Crippen molar-refractivity contribution in [1.82, 2.24) is 9.36 Å². The van der Waals surface area contributed by atoms with E-state index in [0.29, 0.717) is 0 Å². The summed E-state index contributed by atoms with van der Waals surface area (Å²) in [6, 6.07) is 1.65. The molecule has 0 bridgehead atoms. The Morgan fingerprint density at radius 2 is 2.62 bits per heavy atom. The Morgan fingerprint density at radius 1 is 1.85 bits per heavy atom. The predicted molar refractivity (Wildman–Crippen MR) is 43.5 cm³/mol. The average molecular weight is 201 g/mol. The van der Waals surface area contributed by atoms with Crippen molar-refractivity contribution in [2.24, 2.45) is 5.16 Å². The Balaban J connectivity index is 2.86. The first-order chi connectivity index (χ1) is 6.27. The van der Waals surface area contributed by atoms with Crippen molar-refractivity contribution >= 4 is 22.4 Å². The first kappa shape index (κ1) is 9.34. The summed E-state index contributed by atoms with van der Waals surface area (Å²) < 4.78 is 15.2. The number of aromatic nitrogens is 2. The second kappa shape index (κ2) is 4.32. The molecule has 1 aromatic heterocycles. The van der Waals surface area contributed by atoms with Gasteiger partial charge >= 0.3 is 0 Å². The van der Waals surface area contributed by atoms with Crippen molar-refractivity contribution in [3.63, 3.8) is 0 Å². The molecule has 1 rings (SSSR count). The van der Waals surface area contributed by atoms with Crippen molar-refractivity contribution in [3.05, 3.63) is 5.82 Å². The number of nitrogen functional groups attached to an aromatic ring is 1. The molecule has 0 unspecified atom stereocenters. The molecular formula is C5H4FN5OS. The van der Waals surface area contributed by atoms with Gasteiger partial charge in [0.2, 0.25) is 11.5 Å². The third-order valence-corrected chi connectivity index (χ3v) is 1.51. The third-order valence-electron chi connectivity index (χ3n) is 0.964. The van der Waals surface area contributed by atoms with Gasteiger partial charge in [-0.25, -0.2) is 4.39 Å². The van der Waals surface area contributed by atoms with Crippen molar-refractivity contribution < 1.29 is 9.23 Å². The summed E-state index contributed by atoms with van der Waals surface area (Å²) in [6.07, 6.45) is 0. The molecule has 0 aliphatic carbocycles. The van der Waals surface area contributed by atoms with E-state index < -0.39 is 6.86 Å². The van der Waals surface area contributed by atoms with Crippen LogP contribution in [0.5, 0.6) is 0 Å². The molecule has 0 atom stereocenters. The second-order valence-electron chi connectivity index (χ2n) is 1.75. The van der Waals surface area contributed by atoms with E-state index in [-0.39, 0.29) is 16.7 Å². The fourth-order valence-electron chi connectivity index (χ4n) is 0.532. The van der Waals surface area contributed by atoms with Gasteiger partial charge in [-0.1, -0.05) is 5.16 Å². The van der Waals surface area contributed by atoms with Gasteiger partial charge in [0.25, 0.3) is 6.86 Å². The standard InChI is InChI=1S/C5H4FN5OS/c6-2-12-10-3(1-7)4-9-5(8)13-11-4/h2H2,(H2,8,9,11)/b10-3+. The van der Waals surface area contributed by atoms with E-state index in [2.05, 4.69) is 19.4 Å². The Morgan fingerprint density at radius 3 is 3.08 bits per heavy atom. The fraction of sp³-hybridized carbons (Fsp3) is 0.200. The lowest BCUT2D eigenvalue weighted by Gasteiger charge is -1.89. The van der Waals surface area contributed by atoms with Crippen LogP contribution < -0.4 is 5.73 Å². The highest BCUT2D eigenvalue weighted by Gasteiger charge is 2.09. The summed E-state index contributed by atoms with van der Waals surface area (Å²) in [5.41, 5.74) is 5.06. The van der Waals surface area contributed by atoms with Gasteiger partial charge in [-0.3, -0.25) is 0 Å². The minimum absolute atomic E-state index is 0.0402. The maximum Gasteiger partial charge on any atom is 0.255 e. The molecule has 8 heteroatoms. The maximum absolute atomic E-state index is 11.5. The van der Waals surface area contributed by atoms with Gasteiger partial charge in [-0.15, -0.1) is 0 Å². The molecule has 0 fully saturated rings. The minimum atomic E-state index is -1.11. The summed E-state index contributed by atoms with van der Waals surface area (Å²) in [7, 11) is 0. The quantitative estimate of drug-likeness (QED) is 0.560. The van der Waals surface area contributed by atoms with Gasteiger partial charge in [-0.2, -0.15) is 14.6 Å². The lowest BCUT2D eigenvalue weighted by molar-refractivity contribution is 0.0639. The van der Waals surface area contributed by atoms with Crippen LogP contribution in [0.2, 0.25) is 0 Å². The highest BCUT2D eigenvalue weighted by Crippen LogP contribution is 2.06. The molecule has 0 spiro atoms. The number of alkyl halides is 1. The van der Waals surface area contributed by atoms with Crippen molar-refractivity contribution in [2.45, 2.75) is 0 Å². The number of hydrogen-bond donors (Lipinski definition) is 1. The molecule has 0 radical (unpaired) electrons. The van der Waals surface area contributed by atoms with Crippen LogP contribution in [0.15, 0.2) is 5.16 Å². The molecule has 0 saturated carbocycles. The van der Waals surface area contributed by atoms with E-state index in [1.54, 1.807) is 6.07 Å². The zero-order valence-corrected chi connectivity index (χ0v) is 7.08. The van der Waals surface area contributed by atoms with Gasteiger partial charge in [0.15, 0.2) is 5.13 Å². The van der Waals surface area contributed by atoms with Crippen LogP contribution in [0.3, 0.4) is 0 Å². The first-order valence-corrected chi connectivity index (χ1v) is 3.81. The van der Waals surface area contributed by atoms with Gasteiger partial charge < -0.3 is 10.6 Å². The van der Waals surface area contributed by atoms with Crippen molar-refractivity contribution in [1.29, 1.82) is 5.26 Å². The van der Waals surface area contributed by atoms with Crippen molar-refractivity contribution in [3.8, 4) is 6.07 Å². The number of anilines is 1. The number of hydrogen-bond acceptors (Lipinski definition) is 7. The molecule has 68 valence electrons. The van der Waals surface area contributed by atoms with Crippen LogP contribution >= 0.6 is 11.5 Å². The molecule has 1 heterocycles. The minimum Gasteiger partial charge on any atom is -0.374 e. The van der Waals surface area contributed by atoms with Crippen LogP contribution in [0.4, 0.5) is 9.52 Å². The fourth-order valence-corrected chi connectivity index (χ4v) is 0.966. The number of nitrogens with zero attached hydrogens (tertiary/aromatic N) is 4. The van der Waals surface area contributed by atoms with Gasteiger partial charge in [0, 0.05) is 11.5 Å². The first-order valence-electron chi connectivity index (χ1n) is 3.03. The molecule has 6 nitrogen and oxygen atoms in total. The molecule has 2 N–H and O–H groups in total. The van der Waals surface area contributed by atoms with E-state index in [4.69, 9.17) is 11.0 Å². The highest BCUT2D eigenvalue weighted by atomic mass is 32.1. The molecule has 13 heavy (non-hydrogen) atoms. The van der Waals surface area contributed by atoms with Crippen LogP contribution in [0.1, 0.15) is 5.82 Å².